The summed E-state index contributed by atoms with van der Waals surface area (Å²) in [4.78, 5) is 23.6. The molecule has 7 nitrogen and oxygen atoms in total. The molecule has 0 spiro atoms. The molecule has 1 aromatic rings. The zero-order valence-electron chi connectivity index (χ0n) is 12.4. The standard InChI is InChI=1S/C14H21N5O2.ClH/c20-12(17-9-3-4-9)2-1-6-16-14(21)13-10-8-15-7-5-11(10)18-19-13;/h9,15H,1-8H2,(H,16,21)(H,17,20)(H,18,19);1H. The van der Waals surface area contributed by atoms with Crippen molar-refractivity contribution in [3.05, 3.63) is 17.0 Å². The van der Waals surface area contributed by atoms with Crippen molar-refractivity contribution >= 4 is 24.2 Å². The highest BCUT2D eigenvalue weighted by molar-refractivity contribution is 5.94. The van der Waals surface area contributed by atoms with Crippen LogP contribution < -0.4 is 16.0 Å². The van der Waals surface area contributed by atoms with Crippen LogP contribution in [-0.4, -0.2) is 41.1 Å². The summed E-state index contributed by atoms with van der Waals surface area (Å²) in [6, 6.07) is 0.398. The Morgan fingerprint density at radius 1 is 1.32 bits per heavy atom. The number of carbonyl (C=O) groups excluding carboxylic acids is 2. The van der Waals surface area contributed by atoms with Crippen LogP contribution in [0.2, 0.25) is 0 Å². The molecule has 0 saturated heterocycles. The van der Waals surface area contributed by atoms with Crippen molar-refractivity contribution in [2.24, 2.45) is 0 Å². The minimum Gasteiger partial charge on any atom is -0.353 e. The van der Waals surface area contributed by atoms with Crippen LogP contribution in [0.25, 0.3) is 0 Å². The highest BCUT2D eigenvalue weighted by Gasteiger charge is 2.23. The van der Waals surface area contributed by atoms with Crippen LogP contribution in [0.1, 0.15) is 47.4 Å². The number of nitrogens with zero attached hydrogens (tertiary/aromatic N) is 1. The molecule has 2 heterocycles. The van der Waals surface area contributed by atoms with Gasteiger partial charge < -0.3 is 16.0 Å². The van der Waals surface area contributed by atoms with E-state index in [0.717, 1.165) is 37.1 Å². The van der Waals surface area contributed by atoms with Gasteiger partial charge in [0.2, 0.25) is 5.91 Å². The van der Waals surface area contributed by atoms with Crippen LogP contribution in [0.15, 0.2) is 0 Å². The largest absolute Gasteiger partial charge is 0.353 e. The number of rotatable bonds is 6. The first-order chi connectivity index (χ1) is 10.2. The van der Waals surface area contributed by atoms with Gasteiger partial charge in [-0.2, -0.15) is 5.10 Å². The van der Waals surface area contributed by atoms with Crippen LogP contribution in [-0.2, 0) is 17.8 Å². The molecule has 0 radical (unpaired) electrons. The molecule has 8 heteroatoms. The first-order valence-electron chi connectivity index (χ1n) is 7.58. The second kappa shape index (κ2) is 7.60. The molecule has 1 aromatic heterocycles. The number of halogens is 1. The molecular formula is C14H22ClN5O2. The molecule has 0 atom stereocenters. The average molecular weight is 328 g/mol. The van der Waals surface area contributed by atoms with Gasteiger partial charge in [-0.1, -0.05) is 0 Å². The number of amides is 2. The molecule has 4 N–H and O–H groups in total. The summed E-state index contributed by atoms with van der Waals surface area (Å²) in [5.41, 5.74) is 2.48. The summed E-state index contributed by atoms with van der Waals surface area (Å²) < 4.78 is 0. The van der Waals surface area contributed by atoms with Crippen molar-refractivity contribution in [3.63, 3.8) is 0 Å². The fourth-order valence-corrected chi connectivity index (χ4v) is 2.48. The third kappa shape index (κ3) is 4.20. The van der Waals surface area contributed by atoms with Gasteiger partial charge in [0, 0.05) is 49.8 Å². The summed E-state index contributed by atoms with van der Waals surface area (Å²) in [7, 11) is 0. The van der Waals surface area contributed by atoms with Gasteiger partial charge in [0.1, 0.15) is 0 Å². The highest BCUT2D eigenvalue weighted by Crippen LogP contribution is 2.18. The molecule has 1 aliphatic carbocycles. The van der Waals surface area contributed by atoms with Crippen LogP contribution in [0.4, 0.5) is 0 Å². The van der Waals surface area contributed by atoms with E-state index in [0.29, 0.717) is 37.7 Å². The molecule has 1 fully saturated rings. The fraction of sp³-hybridized carbons (Fsp3) is 0.643. The first-order valence-corrected chi connectivity index (χ1v) is 7.58. The minimum absolute atomic E-state index is 0. The number of carbonyl (C=O) groups is 2. The average Bonchev–Trinajstić information content (AvgIpc) is 3.18. The van der Waals surface area contributed by atoms with E-state index in [1.807, 2.05) is 0 Å². The number of nitrogens with one attached hydrogen (secondary N) is 4. The molecule has 22 heavy (non-hydrogen) atoms. The maximum atomic E-state index is 12.1. The van der Waals surface area contributed by atoms with Crippen molar-refractivity contribution in [2.75, 3.05) is 13.1 Å². The minimum atomic E-state index is -0.168. The lowest BCUT2D eigenvalue weighted by Crippen LogP contribution is -2.30. The third-order valence-electron chi connectivity index (χ3n) is 3.83. The first kappa shape index (κ1) is 16.8. The van der Waals surface area contributed by atoms with Crippen molar-refractivity contribution in [1.29, 1.82) is 0 Å². The molecule has 0 unspecified atom stereocenters. The second-order valence-corrected chi connectivity index (χ2v) is 5.66. The Hall–Kier alpha value is -1.60. The number of fused-ring (bicyclic) bond motifs is 1. The Labute approximate surface area is 135 Å². The van der Waals surface area contributed by atoms with Crippen LogP contribution in [0.5, 0.6) is 0 Å². The molecular weight excluding hydrogens is 306 g/mol. The van der Waals surface area contributed by atoms with E-state index in [1.54, 1.807) is 0 Å². The number of aromatic nitrogens is 2. The van der Waals surface area contributed by atoms with Crippen LogP contribution >= 0.6 is 12.4 Å². The van der Waals surface area contributed by atoms with Crippen LogP contribution in [0, 0.1) is 0 Å². The summed E-state index contributed by atoms with van der Waals surface area (Å²) in [5, 5.41) is 16.0. The number of H-pyrrole nitrogens is 1. The smallest absolute Gasteiger partial charge is 0.272 e. The van der Waals surface area contributed by atoms with Gasteiger partial charge in [0.05, 0.1) is 0 Å². The van der Waals surface area contributed by atoms with E-state index >= 15 is 0 Å². The lowest BCUT2D eigenvalue weighted by Gasteiger charge is -2.12. The molecule has 1 saturated carbocycles. The zero-order valence-corrected chi connectivity index (χ0v) is 13.2. The van der Waals surface area contributed by atoms with E-state index < -0.39 is 0 Å². The van der Waals surface area contributed by atoms with Crippen molar-refractivity contribution in [3.8, 4) is 0 Å². The van der Waals surface area contributed by atoms with E-state index in [-0.39, 0.29) is 24.2 Å². The Bertz CT molecular complexity index is 541. The van der Waals surface area contributed by atoms with Gasteiger partial charge in [-0.25, -0.2) is 0 Å². The zero-order chi connectivity index (χ0) is 14.7. The molecule has 3 rings (SSSR count). The highest BCUT2D eigenvalue weighted by atomic mass is 35.5. The molecule has 2 amide bonds. The molecule has 1 aliphatic heterocycles. The summed E-state index contributed by atoms with van der Waals surface area (Å²) in [6.45, 7) is 2.08. The molecule has 0 aromatic carbocycles. The Morgan fingerprint density at radius 3 is 2.91 bits per heavy atom. The monoisotopic (exact) mass is 327 g/mol. The van der Waals surface area contributed by atoms with Gasteiger partial charge in [0.25, 0.3) is 5.91 Å². The van der Waals surface area contributed by atoms with Gasteiger partial charge in [-0.3, -0.25) is 14.7 Å². The molecule has 0 bridgehead atoms. The maximum Gasteiger partial charge on any atom is 0.272 e. The van der Waals surface area contributed by atoms with Gasteiger partial charge in [-0.15, -0.1) is 12.4 Å². The lowest BCUT2D eigenvalue weighted by atomic mass is 10.1. The van der Waals surface area contributed by atoms with Crippen LogP contribution in [0.3, 0.4) is 0 Å². The van der Waals surface area contributed by atoms with Crippen molar-refractivity contribution < 1.29 is 9.59 Å². The topological polar surface area (TPSA) is 98.9 Å². The predicted octanol–water partition coefficient (Wildman–Crippen LogP) is 0.266. The van der Waals surface area contributed by atoms with Crippen molar-refractivity contribution in [2.45, 2.75) is 44.7 Å². The Kier molecular flexibility index (Phi) is 5.79. The quantitative estimate of drug-likeness (QED) is 0.563. The number of aromatic amines is 1. The van der Waals surface area contributed by atoms with Gasteiger partial charge in [-0.05, 0) is 19.3 Å². The summed E-state index contributed by atoms with van der Waals surface area (Å²) in [5.74, 6) is -0.0908. The number of hydrogen-bond donors (Lipinski definition) is 4. The predicted molar refractivity (Wildman–Crippen MR) is 84.0 cm³/mol. The summed E-state index contributed by atoms with van der Waals surface area (Å²) in [6.07, 6.45) is 4.17. The van der Waals surface area contributed by atoms with E-state index in [4.69, 9.17) is 0 Å². The maximum absolute atomic E-state index is 12.1. The summed E-state index contributed by atoms with van der Waals surface area (Å²) >= 11 is 0. The normalized spacial score (nSPS) is 16.4. The van der Waals surface area contributed by atoms with E-state index in [9.17, 15) is 9.59 Å². The molecule has 122 valence electrons. The molecule has 2 aliphatic rings. The Morgan fingerprint density at radius 2 is 2.14 bits per heavy atom. The van der Waals surface area contributed by atoms with Gasteiger partial charge in [0.15, 0.2) is 5.69 Å². The van der Waals surface area contributed by atoms with Gasteiger partial charge >= 0.3 is 0 Å². The third-order valence-corrected chi connectivity index (χ3v) is 3.83. The lowest BCUT2D eigenvalue weighted by molar-refractivity contribution is -0.121. The van der Waals surface area contributed by atoms with Crippen molar-refractivity contribution in [1.82, 2.24) is 26.1 Å². The second-order valence-electron chi connectivity index (χ2n) is 5.66. The van der Waals surface area contributed by atoms with E-state index in [1.165, 1.54) is 0 Å². The SMILES string of the molecule is Cl.O=C(CCCNC(=O)c1n[nH]c2c1CNCC2)NC1CC1. The fourth-order valence-electron chi connectivity index (χ4n) is 2.48. The Balaban J connectivity index is 0.00000176. The number of hydrogen-bond acceptors (Lipinski definition) is 4. The van der Waals surface area contributed by atoms with E-state index in [2.05, 4.69) is 26.1 Å².